The van der Waals surface area contributed by atoms with Crippen molar-refractivity contribution < 1.29 is 14.3 Å². The smallest absolute Gasteiger partial charge is 0.330 e. The van der Waals surface area contributed by atoms with E-state index >= 15 is 0 Å². The number of amides is 1. The van der Waals surface area contributed by atoms with E-state index in [4.69, 9.17) is 10.5 Å². The summed E-state index contributed by atoms with van der Waals surface area (Å²) in [4.78, 5) is 23.0. The second kappa shape index (κ2) is 13.1. The first-order valence-electron chi connectivity index (χ1n) is 8.84. The van der Waals surface area contributed by atoms with Gasteiger partial charge in [0.05, 0.1) is 6.61 Å². The first-order chi connectivity index (χ1) is 11.0. The van der Waals surface area contributed by atoms with Crippen LogP contribution in [-0.4, -0.2) is 30.6 Å². The van der Waals surface area contributed by atoms with Crippen molar-refractivity contribution in [1.29, 1.82) is 0 Å². The number of carbonyl (C=O) groups excluding carboxylic acids is 2. The summed E-state index contributed by atoms with van der Waals surface area (Å²) >= 11 is 0. The van der Waals surface area contributed by atoms with E-state index in [-0.39, 0.29) is 11.9 Å². The molecule has 0 aromatic rings. The largest absolute Gasteiger partial charge is 0.464 e. The molecule has 5 nitrogen and oxygen atoms in total. The fourth-order valence-corrected chi connectivity index (χ4v) is 2.31. The van der Waals surface area contributed by atoms with E-state index < -0.39 is 5.54 Å². The van der Waals surface area contributed by atoms with E-state index in [1.807, 2.05) is 6.08 Å². The van der Waals surface area contributed by atoms with E-state index in [0.29, 0.717) is 19.6 Å². The number of hydrogen-bond acceptors (Lipinski definition) is 4. The summed E-state index contributed by atoms with van der Waals surface area (Å²) < 4.78 is 5.11. The first-order valence-corrected chi connectivity index (χ1v) is 8.84. The van der Waals surface area contributed by atoms with E-state index in [0.717, 1.165) is 25.7 Å². The summed E-state index contributed by atoms with van der Waals surface area (Å²) in [6.07, 6.45) is 11.6. The molecule has 1 amide bonds. The summed E-state index contributed by atoms with van der Waals surface area (Å²) in [5.74, 6) is -0.411. The standard InChI is InChI=1S/C18H34N2O3/c1-4-6-7-8-9-10-13-18(19,17(22)23-5-2)14-11-12-15-20-16(3)21/h10,13H,4-9,11-12,14-15,19H2,1-3H3,(H,20,21)/b13-10+. The van der Waals surface area contributed by atoms with Crippen molar-refractivity contribution >= 4 is 11.9 Å². The van der Waals surface area contributed by atoms with Crippen LogP contribution < -0.4 is 11.1 Å². The highest BCUT2D eigenvalue weighted by Crippen LogP contribution is 2.17. The summed E-state index contributed by atoms with van der Waals surface area (Å²) in [6.45, 7) is 6.39. The van der Waals surface area contributed by atoms with Gasteiger partial charge >= 0.3 is 5.97 Å². The molecule has 0 saturated heterocycles. The van der Waals surface area contributed by atoms with Crippen LogP contribution >= 0.6 is 0 Å². The summed E-state index contributed by atoms with van der Waals surface area (Å²) in [5, 5.41) is 2.74. The number of ether oxygens (including phenoxy) is 1. The van der Waals surface area contributed by atoms with Gasteiger partial charge in [-0.3, -0.25) is 4.79 Å². The van der Waals surface area contributed by atoms with Crippen LogP contribution in [0, 0.1) is 0 Å². The van der Waals surface area contributed by atoms with Gasteiger partial charge in [0.2, 0.25) is 5.91 Å². The fraction of sp³-hybridized carbons (Fsp3) is 0.778. The lowest BCUT2D eigenvalue weighted by Gasteiger charge is -2.23. The van der Waals surface area contributed by atoms with Gasteiger partial charge in [-0.1, -0.05) is 38.3 Å². The van der Waals surface area contributed by atoms with E-state index in [2.05, 4.69) is 12.2 Å². The van der Waals surface area contributed by atoms with Crippen molar-refractivity contribution in [1.82, 2.24) is 5.32 Å². The van der Waals surface area contributed by atoms with Crippen LogP contribution in [0.4, 0.5) is 0 Å². The van der Waals surface area contributed by atoms with Crippen LogP contribution in [0.3, 0.4) is 0 Å². The number of rotatable bonds is 13. The maximum absolute atomic E-state index is 12.1. The van der Waals surface area contributed by atoms with Gasteiger partial charge in [0.25, 0.3) is 0 Å². The van der Waals surface area contributed by atoms with Crippen molar-refractivity contribution in [3.63, 3.8) is 0 Å². The number of nitrogens with two attached hydrogens (primary N) is 1. The number of hydrogen-bond donors (Lipinski definition) is 2. The first kappa shape index (κ1) is 21.6. The van der Waals surface area contributed by atoms with Gasteiger partial charge < -0.3 is 15.8 Å². The molecule has 134 valence electrons. The van der Waals surface area contributed by atoms with Gasteiger partial charge in [-0.25, -0.2) is 4.79 Å². The highest BCUT2D eigenvalue weighted by atomic mass is 16.5. The Kier molecular flexibility index (Phi) is 12.3. The molecule has 0 aliphatic heterocycles. The van der Waals surface area contributed by atoms with Crippen molar-refractivity contribution in [2.45, 2.75) is 77.7 Å². The quantitative estimate of drug-likeness (QED) is 0.309. The average molecular weight is 326 g/mol. The Labute approximate surface area is 141 Å². The highest BCUT2D eigenvalue weighted by molar-refractivity contribution is 5.83. The predicted molar refractivity (Wildman–Crippen MR) is 94.0 cm³/mol. The molecule has 0 aromatic carbocycles. The molecule has 23 heavy (non-hydrogen) atoms. The molecule has 0 heterocycles. The Morgan fingerprint density at radius 1 is 1.13 bits per heavy atom. The van der Waals surface area contributed by atoms with Crippen molar-refractivity contribution in [3.05, 3.63) is 12.2 Å². The number of carbonyl (C=O) groups is 2. The van der Waals surface area contributed by atoms with Crippen molar-refractivity contribution in [2.75, 3.05) is 13.2 Å². The summed E-state index contributed by atoms with van der Waals surface area (Å²) in [6, 6.07) is 0. The lowest BCUT2D eigenvalue weighted by atomic mass is 9.92. The van der Waals surface area contributed by atoms with Crippen LogP contribution in [-0.2, 0) is 14.3 Å². The van der Waals surface area contributed by atoms with E-state index in [9.17, 15) is 9.59 Å². The second-order valence-electron chi connectivity index (χ2n) is 5.95. The van der Waals surface area contributed by atoms with Crippen LogP contribution in [0.5, 0.6) is 0 Å². The number of allylic oxidation sites excluding steroid dienone is 1. The Hall–Kier alpha value is -1.36. The van der Waals surface area contributed by atoms with Gasteiger partial charge in [0, 0.05) is 13.5 Å². The maximum Gasteiger partial charge on any atom is 0.330 e. The lowest BCUT2D eigenvalue weighted by molar-refractivity contribution is -0.148. The SMILES string of the molecule is CCCCCC/C=C/C(N)(CCCCNC(C)=O)C(=O)OCC. The molecule has 3 N–H and O–H groups in total. The van der Waals surface area contributed by atoms with Crippen molar-refractivity contribution in [3.8, 4) is 0 Å². The van der Waals surface area contributed by atoms with Gasteiger partial charge in [0.1, 0.15) is 5.54 Å². The summed E-state index contributed by atoms with van der Waals surface area (Å²) in [7, 11) is 0. The number of nitrogens with one attached hydrogen (secondary N) is 1. The lowest BCUT2D eigenvalue weighted by Crippen LogP contribution is -2.47. The Morgan fingerprint density at radius 3 is 2.48 bits per heavy atom. The van der Waals surface area contributed by atoms with E-state index in [1.54, 1.807) is 13.0 Å². The Bertz CT molecular complexity index is 369. The van der Waals surface area contributed by atoms with Gasteiger partial charge in [-0.15, -0.1) is 0 Å². The normalized spacial score (nSPS) is 13.7. The molecule has 0 radical (unpaired) electrons. The molecular formula is C18H34N2O3. The van der Waals surface area contributed by atoms with E-state index in [1.165, 1.54) is 26.2 Å². The topological polar surface area (TPSA) is 81.4 Å². The third-order valence-electron chi connectivity index (χ3n) is 3.69. The minimum atomic E-state index is -1.06. The molecule has 0 saturated carbocycles. The Balaban J connectivity index is 4.37. The Morgan fingerprint density at radius 2 is 1.87 bits per heavy atom. The molecule has 0 bridgehead atoms. The monoisotopic (exact) mass is 326 g/mol. The zero-order valence-electron chi connectivity index (χ0n) is 15.0. The zero-order valence-corrected chi connectivity index (χ0v) is 15.0. The molecule has 0 spiro atoms. The fourth-order valence-electron chi connectivity index (χ4n) is 2.31. The van der Waals surface area contributed by atoms with Crippen LogP contribution in [0.25, 0.3) is 0 Å². The maximum atomic E-state index is 12.1. The number of esters is 1. The third-order valence-corrected chi connectivity index (χ3v) is 3.69. The summed E-state index contributed by atoms with van der Waals surface area (Å²) in [5.41, 5.74) is 5.20. The molecular weight excluding hydrogens is 292 g/mol. The van der Waals surface area contributed by atoms with Gasteiger partial charge in [0.15, 0.2) is 0 Å². The molecule has 1 atom stereocenters. The predicted octanol–water partition coefficient (Wildman–Crippen LogP) is 3.08. The zero-order chi connectivity index (χ0) is 17.6. The minimum Gasteiger partial charge on any atom is -0.464 e. The van der Waals surface area contributed by atoms with Crippen LogP contribution in [0.15, 0.2) is 12.2 Å². The molecule has 0 fully saturated rings. The molecule has 0 aromatic heterocycles. The number of unbranched alkanes of at least 4 members (excludes halogenated alkanes) is 5. The third kappa shape index (κ3) is 10.9. The van der Waals surface area contributed by atoms with Gasteiger partial charge in [-0.2, -0.15) is 0 Å². The van der Waals surface area contributed by atoms with Crippen LogP contribution in [0.1, 0.15) is 72.1 Å². The second-order valence-corrected chi connectivity index (χ2v) is 5.95. The van der Waals surface area contributed by atoms with Crippen LogP contribution in [0.2, 0.25) is 0 Å². The minimum absolute atomic E-state index is 0.0404. The molecule has 5 heteroatoms. The molecule has 0 aliphatic rings. The molecule has 1 unspecified atom stereocenters. The molecule has 0 aliphatic carbocycles. The van der Waals surface area contributed by atoms with Crippen molar-refractivity contribution in [2.24, 2.45) is 5.73 Å². The molecule has 0 rings (SSSR count). The van der Waals surface area contributed by atoms with Gasteiger partial charge in [-0.05, 0) is 39.0 Å². The highest BCUT2D eigenvalue weighted by Gasteiger charge is 2.31. The average Bonchev–Trinajstić information content (AvgIpc) is 2.50.